The Morgan fingerprint density at radius 2 is 2.35 bits per heavy atom. The lowest BCUT2D eigenvalue weighted by Gasteiger charge is -2.10. The molecule has 1 heterocycles. The fraction of sp³-hybridized carbons (Fsp3) is 0.462. The minimum atomic E-state index is 0.155. The van der Waals surface area contributed by atoms with Crippen molar-refractivity contribution in [1.29, 1.82) is 0 Å². The van der Waals surface area contributed by atoms with Gasteiger partial charge in [0.2, 0.25) is 5.91 Å². The second-order valence-corrected chi connectivity index (χ2v) is 5.20. The van der Waals surface area contributed by atoms with Crippen molar-refractivity contribution in [1.82, 2.24) is 5.32 Å². The highest BCUT2D eigenvalue weighted by Gasteiger charge is 2.23. The van der Waals surface area contributed by atoms with Crippen LogP contribution >= 0.6 is 11.8 Å². The number of para-hydroxylation sites is 1. The van der Waals surface area contributed by atoms with Gasteiger partial charge in [0.1, 0.15) is 0 Å². The molecule has 0 saturated carbocycles. The summed E-state index contributed by atoms with van der Waals surface area (Å²) in [7, 11) is 0. The van der Waals surface area contributed by atoms with E-state index in [1.54, 1.807) is 11.8 Å². The van der Waals surface area contributed by atoms with Gasteiger partial charge in [-0.3, -0.25) is 4.79 Å². The molecule has 0 bridgehead atoms. The highest BCUT2D eigenvalue weighted by atomic mass is 32.2. The molecule has 3 nitrogen and oxygen atoms in total. The van der Waals surface area contributed by atoms with Gasteiger partial charge in [-0.2, -0.15) is 11.8 Å². The maximum absolute atomic E-state index is 11.7. The van der Waals surface area contributed by atoms with Crippen LogP contribution in [0.25, 0.3) is 0 Å². The van der Waals surface area contributed by atoms with E-state index in [1.807, 2.05) is 18.4 Å². The van der Waals surface area contributed by atoms with Crippen molar-refractivity contribution in [3.63, 3.8) is 0 Å². The van der Waals surface area contributed by atoms with Crippen LogP contribution in [0.3, 0.4) is 0 Å². The summed E-state index contributed by atoms with van der Waals surface area (Å²) in [5.74, 6) is 1.45. The number of benzene rings is 1. The van der Waals surface area contributed by atoms with Gasteiger partial charge in [0.15, 0.2) is 0 Å². The van der Waals surface area contributed by atoms with Crippen molar-refractivity contribution in [2.24, 2.45) is 0 Å². The van der Waals surface area contributed by atoms with E-state index < -0.39 is 0 Å². The lowest BCUT2D eigenvalue weighted by molar-refractivity contribution is -0.121. The molecule has 1 unspecified atom stereocenters. The smallest absolute Gasteiger partial charge is 0.220 e. The van der Waals surface area contributed by atoms with Crippen LogP contribution in [0.15, 0.2) is 24.3 Å². The number of fused-ring (bicyclic) bond motifs is 1. The van der Waals surface area contributed by atoms with Crippen LogP contribution in [0, 0.1) is 0 Å². The predicted octanol–water partition coefficient (Wildman–Crippen LogP) is 2.06. The first-order chi connectivity index (χ1) is 8.31. The Kier molecular flexibility index (Phi) is 4.31. The maximum atomic E-state index is 11.7. The third-order valence-electron chi connectivity index (χ3n) is 3.00. The summed E-state index contributed by atoms with van der Waals surface area (Å²) in [6, 6.07) is 8.23. The number of thioether (sulfide) groups is 1. The highest BCUT2D eigenvalue weighted by molar-refractivity contribution is 7.98. The van der Waals surface area contributed by atoms with E-state index in [4.69, 9.17) is 0 Å². The van der Waals surface area contributed by atoms with E-state index in [0.717, 1.165) is 18.8 Å². The van der Waals surface area contributed by atoms with Gasteiger partial charge in [-0.15, -0.1) is 0 Å². The maximum Gasteiger partial charge on any atom is 0.220 e. The summed E-state index contributed by atoms with van der Waals surface area (Å²) < 4.78 is 0. The second kappa shape index (κ2) is 5.96. The van der Waals surface area contributed by atoms with Gasteiger partial charge in [0.25, 0.3) is 0 Å². The molecule has 92 valence electrons. The summed E-state index contributed by atoms with van der Waals surface area (Å²) in [4.78, 5) is 11.7. The Hall–Kier alpha value is -1.16. The Bertz CT molecular complexity index is 395. The van der Waals surface area contributed by atoms with Crippen LogP contribution in [-0.2, 0) is 4.79 Å². The first-order valence-corrected chi connectivity index (χ1v) is 7.29. The molecule has 0 saturated heterocycles. The zero-order valence-electron chi connectivity index (χ0n) is 10.0. The second-order valence-electron chi connectivity index (χ2n) is 4.21. The van der Waals surface area contributed by atoms with Crippen molar-refractivity contribution < 1.29 is 4.79 Å². The van der Waals surface area contributed by atoms with E-state index >= 15 is 0 Å². The van der Waals surface area contributed by atoms with Crippen molar-refractivity contribution in [2.75, 3.05) is 30.4 Å². The van der Waals surface area contributed by atoms with Gasteiger partial charge < -0.3 is 10.6 Å². The van der Waals surface area contributed by atoms with Gasteiger partial charge in [-0.1, -0.05) is 18.2 Å². The Labute approximate surface area is 106 Å². The molecule has 2 N–H and O–H groups in total. The zero-order chi connectivity index (χ0) is 12.1. The number of hydrogen-bond donors (Lipinski definition) is 2. The minimum Gasteiger partial charge on any atom is -0.384 e. The molecular formula is C13H18N2OS. The lowest BCUT2D eigenvalue weighted by Crippen LogP contribution is -2.27. The van der Waals surface area contributed by atoms with Crippen LogP contribution in [0.5, 0.6) is 0 Å². The topological polar surface area (TPSA) is 41.1 Å². The molecule has 17 heavy (non-hydrogen) atoms. The number of anilines is 1. The SMILES string of the molecule is CSCCNC(=O)CC1CNc2ccccc21. The minimum absolute atomic E-state index is 0.155. The standard InChI is InChI=1S/C13H18N2OS/c1-17-7-6-14-13(16)8-10-9-15-12-5-3-2-4-11(10)12/h2-5,10,15H,6-9H2,1H3,(H,14,16). The fourth-order valence-electron chi connectivity index (χ4n) is 2.13. The van der Waals surface area contributed by atoms with Crippen molar-refractivity contribution >= 4 is 23.4 Å². The van der Waals surface area contributed by atoms with E-state index in [0.29, 0.717) is 12.3 Å². The molecule has 1 aliphatic heterocycles. The molecule has 1 aromatic rings. The molecule has 1 amide bonds. The molecule has 0 aromatic heterocycles. The molecule has 2 rings (SSSR count). The number of carbonyl (C=O) groups excluding carboxylic acids is 1. The van der Waals surface area contributed by atoms with Crippen LogP contribution in [-0.4, -0.2) is 31.0 Å². The number of rotatable bonds is 5. The Balaban J connectivity index is 1.87. The quantitative estimate of drug-likeness (QED) is 0.786. The van der Waals surface area contributed by atoms with Gasteiger partial charge in [-0.05, 0) is 17.9 Å². The molecule has 0 aliphatic carbocycles. The van der Waals surface area contributed by atoms with E-state index in [1.165, 1.54) is 11.3 Å². The molecule has 4 heteroatoms. The zero-order valence-corrected chi connectivity index (χ0v) is 10.8. The number of amides is 1. The summed E-state index contributed by atoms with van der Waals surface area (Å²) >= 11 is 1.75. The van der Waals surface area contributed by atoms with Crippen LogP contribution in [0.1, 0.15) is 17.9 Å². The first kappa shape index (κ1) is 12.3. The monoisotopic (exact) mass is 250 g/mol. The third-order valence-corrected chi connectivity index (χ3v) is 3.61. The molecule has 1 aliphatic rings. The van der Waals surface area contributed by atoms with Crippen LogP contribution in [0.4, 0.5) is 5.69 Å². The van der Waals surface area contributed by atoms with Crippen LogP contribution < -0.4 is 10.6 Å². The molecule has 0 spiro atoms. The largest absolute Gasteiger partial charge is 0.384 e. The first-order valence-electron chi connectivity index (χ1n) is 5.89. The highest BCUT2D eigenvalue weighted by Crippen LogP contribution is 2.32. The summed E-state index contributed by atoms with van der Waals surface area (Å²) in [6.07, 6.45) is 2.63. The molecule has 1 atom stereocenters. The third kappa shape index (κ3) is 3.16. The van der Waals surface area contributed by atoms with E-state index in [2.05, 4.69) is 22.8 Å². The lowest BCUT2D eigenvalue weighted by atomic mass is 9.98. The van der Waals surface area contributed by atoms with E-state index in [9.17, 15) is 4.79 Å². The van der Waals surface area contributed by atoms with Gasteiger partial charge >= 0.3 is 0 Å². The van der Waals surface area contributed by atoms with Gasteiger partial charge in [0, 0.05) is 36.9 Å². The Morgan fingerprint density at radius 3 is 3.18 bits per heavy atom. The predicted molar refractivity (Wildman–Crippen MR) is 73.7 cm³/mol. The molecule has 1 aromatic carbocycles. The van der Waals surface area contributed by atoms with Gasteiger partial charge in [-0.25, -0.2) is 0 Å². The van der Waals surface area contributed by atoms with Crippen LogP contribution in [0.2, 0.25) is 0 Å². The molecule has 0 fully saturated rings. The molecule has 0 radical (unpaired) electrons. The number of hydrogen-bond acceptors (Lipinski definition) is 3. The fourth-order valence-corrected chi connectivity index (χ4v) is 2.43. The van der Waals surface area contributed by atoms with E-state index in [-0.39, 0.29) is 5.91 Å². The number of nitrogens with one attached hydrogen (secondary N) is 2. The van der Waals surface area contributed by atoms with Crippen molar-refractivity contribution in [2.45, 2.75) is 12.3 Å². The van der Waals surface area contributed by atoms with Crippen molar-refractivity contribution in [3.05, 3.63) is 29.8 Å². The van der Waals surface area contributed by atoms with Gasteiger partial charge in [0.05, 0.1) is 0 Å². The summed E-state index contributed by atoms with van der Waals surface area (Å²) in [6.45, 7) is 1.64. The summed E-state index contributed by atoms with van der Waals surface area (Å²) in [5, 5.41) is 6.29. The summed E-state index contributed by atoms with van der Waals surface area (Å²) in [5.41, 5.74) is 2.45. The average Bonchev–Trinajstić information content (AvgIpc) is 2.73. The normalized spacial score (nSPS) is 17.4. The van der Waals surface area contributed by atoms with Crippen molar-refractivity contribution in [3.8, 4) is 0 Å². The Morgan fingerprint density at radius 1 is 1.53 bits per heavy atom. The number of carbonyl (C=O) groups is 1. The average molecular weight is 250 g/mol. The molecular weight excluding hydrogens is 232 g/mol.